The van der Waals surface area contributed by atoms with Crippen LogP contribution < -0.4 is 0 Å². The minimum atomic E-state index is 0.304. The predicted molar refractivity (Wildman–Crippen MR) is 107 cm³/mol. The molecule has 1 aliphatic rings. The molecule has 2 aromatic carbocycles. The third kappa shape index (κ3) is 3.42. The zero-order chi connectivity index (χ0) is 17.0. The van der Waals surface area contributed by atoms with Crippen molar-refractivity contribution in [1.29, 1.82) is 0 Å². The number of hydrogen-bond acceptors (Lipinski definition) is 1. The second-order valence-electron chi connectivity index (χ2n) is 7.83. The molecule has 0 saturated heterocycles. The summed E-state index contributed by atoms with van der Waals surface area (Å²) in [6.07, 6.45) is 6.71. The molecule has 1 fully saturated rings. The van der Waals surface area contributed by atoms with Crippen LogP contribution >= 0.6 is 11.8 Å². The Balaban J connectivity index is 1.75. The summed E-state index contributed by atoms with van der Waals surface area (Å²) in [5, 5.41) is 0. The van der Waals surface area contributed by atoms with Crippen molar-refractivity contribution < 1.29 is 0 Å². The van der Waals surface area contributed by atoms with Crippen molar-refractivity contribution in [1.82, 2.24) is 0 Å². The summed E-state index contributed by atoms with van der Waals surface area (Å²) in [4.78, 5) is 1.44. The van der Waals surface area contributed by atoms with E-state index in [1.807, 2.05) is 11.8 Å². The summed E-state index contributed by atoms with van der Waals surface area (Å²) < 4.78 is 0. The topological polar surface area (TPSA) is 0 Å². The highest BCUT2D eigenvalue weighted by Gasteiger charge is 2.46. The van der Waals surface area contributed by atoms with E-state index in [-0.39, 0.29) is 0 Å². The van der Waals surface area contributed by atoms with Crippen molar-refractivity contribution in [2.45, 2.75) is 63.2 Å². The minimum absolute atomic E-state index is 0.304. The summed E-state index contributed by atoms with van der Waals surface area (Å²) in [6.45, 7) is 7.27. The smallest absolute Gasteiger partial charge is 0.0101 e. The Kier molecular flexibility index (Phi) is 5.39. The molecule has 0 bridgehead atoms. The van der Waals surface area contributed by atoms with Gasteiger partial charge in [-0.05, 0) is 60.0 Å². The Morgan fingerprint density at radius 2 is 1.54 bits per heavy atom. The van der Waals surface area contributed by atoms with Gasteiger partial charge < -0.3 is 0 Å². The third-order valence-electron chi connectivity index (χ3n) is 6.40. The molecule has 0 radical (unpaired) electrons. The van der Waals surface area contributed by atoms with Crippen LogP contribution in [-0.2, 0) is 5.41 Å². The quantitative estimate of drug-likeness (QED) is 0.528. The summed E-state index contributed by atoms with van der Waals surface area (Å²) >= 11 is 2.04. The van der Waals surface area contributed by atoms with E-state index in [4.69, 9.17) is 0 Å². The monoisotopic (exact) mass is 338 g/mol. The Hall–Kier alpha value is -1.21. The first-order valence-electron chi connectivity index (χ1n) is 9.29. The van der Waals surface area contributed by atoms with Gasteiger partial charge in [0.25, 0.3) is 0 Å². The highest BCUT2D eigenvalue weighted by molar-refractivity contribution is 7.99. The molecule has 0 heterocycles. The SMILES string of the molecule is Cc1ccccc1SCC[C@]1(C)CCCC[C@]1(C)c1ccccc1. The van der Waals surface area contributed by atoms with E-state index in [1.165, 1.54) is 53.9 Å². The average Bonchev–Trinajstić information content (AvgIpc) is 2.60. The lowest BCUT2D eigenvalue weighted by Gasteiger charge is -2.51. The molecule has 0 aliphatic heterocycles. The number of aryl methyl sites for hydroxylation is 1. The molecule has 1 saturated carbocycles. The van der Waals surface area contributed by atoms with Gasteiger partial charge in [-0.1, -0.05) is 75.2 Å². The van der Waals surface area contributed by atoms with Crippen LogP contribution in [-0.4, -0.2) is 5.75 Å². The summed E-state index contributed by atoms with van der Waals surface area (Å²) in [7, 11) is 0. The van der Waals surface area contributed by atoms with E-state index in [0.717, 1.165) is 0 Å². The lowest BCUT2D eigenvalue weighted by Crippen LogP contribution is -2.44. The largest absolute Gasteiger partial charge is 0.126 e. The molecule has 0 aromatic heterocycles. The molecular weight excluding hydrogens is 308 g/mol. The second-order valence-corrected chi connectivity index (χ2v) is 8.97. The number of rotatable bonds is 5. The van der Waals surface area contributed by atoms with Gasteiger partial charge >= 0.3 is 0 Å². The van der Waals surface area contributed by atoms with Crippen molar-refractivity contribution >= 4 is 11.8 Å². The number of benzene rings is 2. The Morgan fingerprint density at radius 1 is 0.875 bits per heavy atom. The van der Waals surface area contributed by atoms with E-state index in [0.29, 0.717) is 10.8 Å². The van der Waals surface area contributed by atoms with Crippen LogP contribution in [0.3, 0.4) is 0 Å². The van der Waals surface area contributed by atoms with Gasteiger partial charge in [0, 0.05) is 4.90 Å². The molecule has 24 heavy (non-hydrogen) atoms. The summed E-state index contributed by atoms with van der Waals surface area (Å²) in [5.74, 6) is 1.21. The maximum absolute atomic E-state index is 2.54. The molecule has 0 N–H and O–H groups in total. The van der Waals surface area contributed by atoms with Gasteiger partial charge in [-0.2, -0.15) is 0 Å². The fourth-order valence-corrected chi connectivity index (χ4v) is 5.62. The fourth-order valence-electron chi connectivity index (χ4n) is 4.38. The van der Waals surface area contributed by atoms with Gasteiger partial charge in [0.1, 0.15) is 0 Å². The van der Waals surface area contributed by atoms with Crippen LogP contribution in [0.15, 0.2) is 59.5 Å². The minimum Gasteiger partial charge on any atom is -0.126 e. The third-order valence-corrected chi connectivity index (χ3v) is 7.58. The van der Waals surface area contributed by atoms with E-state index < -0.39 is 0 Å². The van der Waals surface area contributed by atoms with Crippen molar-refractivity contribution in [2.75, 3.05) is 5.75 Å². The molecule has 2 atom stereocenters. The highest BCUT2D eigenvalue weighted by Crippen LogP contribution is 2.54. The molecule has 128 valence electrons. The Morgan fingerprint density at radius 3 is 2.29 bits per heavy atom. The van der Waals surface area contributed by atoms with Crippen LogP contribution in [0.5, 0.6) is 0 Å². The maximum atomic E-state index is 2.54. The lowest BCUT2D eigenvalue weighted by atomic mass is 9.54. The Labute approximate surface area is 152 Å². The van der Waals surface area contributed by atoms with Crippen molar-refractivity contribution in [2.24, 2.45) is 5.41 Å². The summed E-state index contributed by atoms with van der Waals surface area (Å²) in [6, 6.07) is 20.0. The van der Waals surface area contributed by atoms with Crippen LogP contribution in [0.4, 0.5) is 0 Å². The second kappa shape index (κ2) is 7.35. The van der Waals surface area contributed by atoms with Gasteiger partial charge in [0.2, 0.25) is 0 Å². The first kappa shape index (κ1) is 17.6. The van der Waals surface area contributed by atoms with E-state index in [2.05, 4.69) is 75.4 Å². The van der Waals surface area contributed by atoms with E-state index >= 15 is 0 Å². The Bertz CT molecular complexity index is 663. The molecule has 2 aromatic rings. The van der Waals surface area contributed by atoms with Gasteiger partial charge in [-0.25, -0.2) is 0 Å². The van der Waals surface area contributed by atoms with Gasteiger partial charge in [-0.15, -0.1) is 11.8 Å². The fraction of sp³-hybridized carbons (Fsp3) is 0.478. The van der Waals surface area contributed by atoms with Crippen LogP contribution in [0.2, 0.25) is 0 Å². The van der Waals surface area contributed by atoms with Gasteiger partial charge in [0.05, 0.1) is 0 Å². The molecule has 1 heteroatoms. The maximum Gasteiger partial charge on any atom is 0.0101 e. The van der Waals surface area contributed by atoms with Gasteiger partial charge in [-0.3, -0.25) is 0 Å². The number of thioether (sulfide) groups is 1. The zero-order valence-corrected chi connectivity index (χ0v) is 16.2. The van der Waals surface area contributed by atoms with E-state index in [9.17, 15) is 0 Å². The van der Waals surface area contributed by atoms with Crippen LogP contribution in [0.25, 0.3) is 0 Å². The van der Waals surface area contributed by atoms with Crippen molar-refractivity contribution in [3.63, 3.8) is 0 Å². The van der Waals surface area contributed by atoms with Crippen LogP contribution in [0.1, 0.15) is 57.1 Å². The molecule has 1 aliphatic carbocycles. The molecule has 0 spiro atoms. The summed E-state index contributed by atoms with van der Waals surface area (Å²) in [5.41, 5.74) is 3.64. The first-order valence-corrected chi connectivity index (χ1v) is 10.3. The zero-order valence-electron chi connectivity index (χ0n) is 15.3. The molecular formula is C23H30S. The molecule has 3 rings (SSSR count). The van der Waals surface area contributed by atoms with E-state index in [1.54, 1.807) is 0 Å². The normalized spacial score (nSPS) is 27.1. The first-order chi connectivity index (χ1) is 11.6. The standard InChI is InChI=1S/C23H30S/c1-19-11-7-8-14-21(19)24-18-17-22(2)15-9-10-16-23(22,3)20-12-5-4-6-13-20/h4-8,11-14H,9-10,15-18H2,1-3H3/t22-,23+/m0/s1. The average molecular weight is 339 g/mol. The highest BCUT2D eigenvalue weighted by atomic mass is 32.2. The molecule has 0 nitrogen and oxygen atoms in total. The lowest BCUT2D eigenvalue weighted by molar-refractivity contribution is 0.0846. The molecule has 0 amide bonds. The predicted octanol–water partition coefficient (Wildman–Crippen LogP) is 7.02. The van der Waals surface area contributed by atoms with Gasteiger partial charge in [0.15, 0.2) is 0 Å². The van der Waals surface area contributed by atoms with Crippen LogP contribution in [0, 0.1) is 12.3 Å². The van der Waals surface area contributed by atoms with Crippen molar-refractivity contribution in [3.05, 3.63) is 65.7 Å². The number of hydrogen-bond donors (Lipinski definition) is 0. The molecule has 0 unspecified atom stereocenters. The van der Waals surface area contributed by atoms with Crippen molar-refractivity contribution in [3.8, 4) is 0 Å².